The van der Waals surface area contributed by atoms with Crippen LogP contribution in [0.3, 0.4) is 0 Å². The molecule has 5 nitrogen and oxygen atoms in total. The van der Waals surface area contributed by atoms with E-state index in [0.29, 0.717) is 25.9 Å². The first-order chi connectivity index (χ1) is 9.45. The molecule has 0 aromatic carbocycles. The van der Waals surface area contributed by atoms with Crippen molar-refractivity contribution in [2.75, 3.05) is 13.1 Å². The van der Waals surface area contributed by atoms with Crippen molar-refractivity contribution in [3.63, 3.8) is 0 Å². The van der Waals surface area contributed by atoms with Gasteiger partial charge in [-0.15, -0.1) is 0 Å². The third-order valence-electron chi connectivity index (χ3n) is 4.14. The number of piperidine rings is 1. The molecule has 1 heterocycles. The number of rotatable bonds is 6. The van der Waals surface area contributed by atoms with Crippen LogP contribution in [0.4, 0.5) is 4.79 Å². The summed E-state index contributed by atoms with van der Waals surface area (Å²) in [5.74, 6) is -0.765. The number of hydrogen-bond acceptors (Lipinski definition) is 2. The van der Waals surface area contributed by atoms with Crippen LogP contribution >= 0.6 is 0 Å². The second-order valence-corrected chi connectivity index (χ2v) is 6.00. The zero-order valence-corrected chi connectivity index (χ0v) is 12.9. The van der Waals surface area contributed by atoms with Gasteiger partial charge in [0.05, 0.1) is 5.41 Å². The molecule has 1 aliphatic rings. The van der Waals surface area contributed by atoms with Crippen molar-refractivity contribution in [3.05, 3.63) is 0 Å². The number of hydrogen-bond donors (Lipinski definition) is 2. The van der Waals surface area contributed by atoms with Gasteiger partial charge >= 0.3 is 12.0 Å². The number of amides is 2. The molecule has 0 aliphatic carbocycles. The second kappa shape index (κ2) is 7.50. The van der Waals surface area contributed by atoms with Crippen LogP contribution in [0, 0.1) is 5.41 Å². The van der Waals surface area contributed by atoms with E-state index < -0.39 is 11.4 Å². The van der Waals surface area contributed by atoms with Crippen molar-refractivity contribution < 1.29 is 14.7 Å². The lowest BCUT2D eigenvalue weighted by Gasteiger charge is -2.40. The van der Waals surface area contributed by atoms with Crippen molar-refractivity contribution in [1.82, 2.24) is 10.2 Å². The summed E-state index contributed by atoms with van der Waals surface area (Å²) >= 11 is 0. The van der Waals surface area contributed by atoms with Gasteiger partial charge in [-0.25, -0.2) is 4.79 Å². The minimum absolute atomic E-state index is 0.118. The summed E-state index contributed by atoms with van der Waals surface area (Å²) in [5, 5.41) is 12.5. The molecule has 1 rings (SSSR count). The highest BCUT2D eigenvalue weighted by molar-refractivity contribution is 5.79. The van der Waals surface area contributed by atoms with Crippen molar-refractivity contribution in [3.8, 4) is 0 Å². The molecule has 5 heteroatoms. The molecule has 0 saturated carbocycles. The van der Waals surface area contributed by atoms with E-state index in [9.17, 15) is 14.7 Å². The maximum Gasteiger partial charge on any atom is 0.317 e. The number of nitrogens with zero attached hydrogens (tertiary/aromatic N) is 1. The lowest BCUT2D eigenvalue weighted by Crippen LogP contribution is -2.53. The van der Waals surface area contributed by atoms with Crippen molar-refractivity contribution in [2.45, 2.75) is 65.3 Å². The van der Waals surface area contributed by atoms with Gasteiger partial charge in [0, 0.05) is 19.1 Å². The molecular formula is C15H28N2O3. The standard InChI is InChI=1S/C15H28N2O3/c1-4-7-12(3)16-14(20)17-10-6-9-15(11-17,8-5-2)13(18)19/h12H,4-11H2,1-3H3,(H,16,20)(H,18,19). The van der Waals surface area contributed by atoms with E-state index in [-0.39, 0.29) is 12.1 Å². The van der Waals surface area contributed by atoms with Gasteiger partial charge in [0.2, 0.25) is 0 Å². The van der Waals surface area contributed by atoms with Crippen LogP contribution in [0.1, 0.15) is 59.3 Å². The van der Waals surface area contributed by atoms with Crippen LogP contribution in [0.25, 0.3) is 0 Å². The van der Waals surface area contributed by atoms with Gasteiger partial charge in [-0.3, -0.25) is 4.79 Å². The van der Waals surface area contributed by atoms with E-state index in [1.165, 1.54) is 0 Å². The number of likely N-dealkylation sites (tertiary alicyclic amines) is 1. The van der Waals surface area contributed by atoms with Gasteiger partial charge in [-0.2, -0.15) is 0 Å². The quantitative estimate of drug-likeness (QED) is 0.788. The van der Waals surface area contributed by atoms with Gasteiger partial charge in [0.25, 0.3) is 0 Å². The molecule has 2 atom stereocenters. The number of aliphatic carboxylic acids is 1. The minimum atomic E-state index is -0.765. The highest BCUT2D eigenvalue weighted by Gasteiger charge is 2.42. The van der Waals surface area contributed by atoms with Gasteiger partial charge in [-0.1, -0.05) is 26.7 Å². The summed E-state index contributed by atoms with van der Waals surface area (Å²) in [5.41, 5.74) is -0.752. The molecule has 116 valence electrons. The van der Waals surface area contributed by atoms with E-state index in [1.54, 1.807) is 4.90 Å². The average Bonchev–Trinajstić information content (AvgIpc) is 2.39. The van der Waals surface area contributed by atoms with Crippen LogP contribution in [-0.4, -0.2) is 41.1 Å². The Kier molecular flexibility index (Phi) is 6.30. The molecule has 0 aromatic heterocycles. The fourth-order valence-corrected chi connectivity index (χ4v) is 3.08. The van der Waals surface area contributed by atoms with Crippen LogP contribution in [-0.2, 0) is 4.79 Å². The fourth-order valence-electron chi connectivity index (χ4n) is 3.08. The summed E-state index contributed by atoms with van der Waals surface area (Å²) in [7, 11) is 0. The first-order valence-corrected chi connectivity index (χ1v) is 7.74. The predicted molar refractivity (Wildman–Crippen MR) is 78.7 cm³/mol. The maximum atomic E-state index is 12.2. The van der Waals surface area contributed by atoms with Gasteiger partial charge in [0.15, 0.2) is 0 Å². The Labute approximate surface area is 121 Å². The maximum absolute atomic E-state index is 12.2. The van der Waals surface area contributed by atoms with E-state index in [4.69, 9.17) is 0 Å². The zero-order valence-electron chi connectivity index (χ0n) is 12.9. The zero-order chi connectivity index (χ0) is 15.2. The minimum Gasteiger partial charge on any atom is -0.481 e. The molecule has 1 saturated heterocycles. The number of carbonyl (C=O) groups is 2. The van der Waals surface area contributed by atoms with Crippen LogP contribution in [0.15, 0.2) is 0 Å². The van der Waals surface area contributed by atoms with Crippen molar-refractivity contribution >= 4 is 12.0 Å². The number of nitrogens with one attached hydrogen (secondary N) is 1. The van der Waals surface area contributed by atoms with Crippen molar-refractivity contribution in [1.29, 1.82) is 0 Å². The Morgan fingerprint density at radius 3 is 2.60 bits per heavy atom. The summed E-state index contributed by atoms with van der Waals surface area (Å²) in [6, 6.07) is 0.0206. The molecule has 2 amide bonds. The van der Waals surface area contributed by atoms with Crippen LogP contribution in [0.5, 0.6) is 0 Å². The second-order valence-electron chi connectivity index (χ2n) is 6.00. The number of urea groups is 1. The van der Waals surface area contributed by atoms with E-state index in [1.807, 2.05) is 13.8 Å². The highest BCUT2D eigenvalue weighted by atomic mass is 16.4. The molecule has 2 N–H and O–H groups in total. The van der Waals surface area contributed by atoms with Gasteiger partial charge < -0.3 is 15.3 Å². The Hall–Kier alpha value is -1.26. The Bertz CT molecular complexity index is 342. The molecule has 1 fully saturated rings. The molecule has 1 aliphatic heterocycles. The SMILES string of the molecule is CCCC(C)NC(=O)N1CCCC(CCC)(C(=O)O)C1. The fraction of sp³-hybridized carbons (Fsp3) is 0.867. The summed E-state index contributed by atoms with van der Waals surface area (Å²) in [6.45, 7) is 7.05. The number of carboxylic acid groups (broad SMARTS) is 1. The number of carboxylic acids is 1. The topological polar surface area (TPSA) is 69.6 Å². The normalized spacial score (nSPS) is 24.2. The Morgan fingerprint density at radius 1 is 1.35 bits per heavy atom. The molecule has 0 aromatic rings. The first kappa shape index (κ1) is 16.8. The van der Waals surface area contributed by atoms with Crippen LogP contribution in [0.2, 0.25) is 0 Å². The van der Waals surface area contributed by atoms with Crippen molar-refractivity contribution in [2.24, 2.45) is 5.41 Å². The third kappa shape index (κ3) is 4.12. The molecule has 20 heavy (non-hydrogen) atoms. The highest BCUT2D eigenvalue weighted by Crippen LogP contribution is 2.35. The van der Waals surface area contributed by atoms with E-state index in [2.05, 4.69) is 12.2 Å². The summed E-state index contributed by atoms with van der Waals surface area (Å²) in [6.07, 6.45) is 4.87. The lowest BCUT2D eigenvalue weighted by molar-refractivity contribution is -0.152. The van der Waals surface area contributed by atoms with E-state index >= 15 is 0 Å². The molecule has 2 unspecified atom stereocenters. The van der Waals surface area contributed by atoms with E-state index in [0.717, 1.165) is 25.7 Å². The molecule has 0 radical (unpaired) electrons. The smallest absolute Gasteiger partial charge is 0.317 e. The molecule has 0 spiro atoms. The molecular weight excluding hydrogens is 256 g/mol. The summed E-state index contributed by atoms with van der Waals surface area (Å²) in [4.78, 5) is 25.5. The lowest BCUT2D eigenvalue weighted by atomic mass is 9.76. The predicted octanol–water partition coefficient (Wildman–Crippen LogP) is 2.85. The third-order valence-corrected chi connectivity index (χ3v) is 4.14. The summed E-state index contributed by atoms with van der Waals surface area (Å²) < 4.78 is 0. The number of carbonyl (C=O) groups excluding carboxylic acids is 1. The van der Waals surface area contributed by atoms with Gasteiger partial charge in [0.1, 0.15) is 0 Å². The molecule has 0 bridgehead atoms. The van der Waals surface area contributed by atoms with Gasteiger partial charge in [-0.05, 0) is 32.6 Å². The largest absolute Gasteiger partial charge is 0.481 e. The Morgan fingerprint density at radius 2 is 2.05 bits per heavy atom. The van der Waals surface area contributed by atoms with Crippen LogP contribution < -0.4 is 5.32 Å². The average molecular weight is 284 g/mol. The first-order valence-electron chi connectivity index (χ1n) is 7.74. The monoisotopic (exact) mass is 284 g/mol. The Balaban J connectivity index is 2.67.